The third-order valence-corrected chi connectivity index (χ3v) is 6.23. The zero-order chi connectivity index (χ0) is 33.1. The Morgan fingerprint density at radius 1 is 0.932 bits per heavy atom. The van der Waals surface area contributed by atoms with Crippen molar-refractivity contribution in [3.8, 4) is 0 Å². The standard InChI is InChI=1S/C28H47N7O9/c1-27(2,3)42-25(38)32(18-10-14-29-24(36)37)16-8-9-17-33(26(39)43-28(4,5)6)19-11-15-31(7)21-12-13-23(35(40)41)34-22(21)20-30-44-34/h12-13,20,29-30H,8-11,14-19H2,1-7H3,(H,36,37). The van der Waals surface area contributed by atoms with Crippen molar-refractivity contribution in [3.63, 3.8) is 0 Å². The van der Waals surface area contributed by atoms with Gasteiger partial charge in [-0.25, -0.2) is 19.9 Å². The zero-order valence-electron chi connectivity index (χ0n) is 26.8. The van der Waals surface area contributed by atoms with Gasteiger partial charge in [0.1, 0.15) is 11.2 Å². The number of likely N-dealkylation sites (N-methyl/N-ethyl adjacent to an activating group) is 1. The number of carbonyl (C=O) groups excluding carboxylic acids is 2. The summed E-state index contributed by atoms with van der Waals surface area (Å²) >= 11 is 0. The lowest BCUT2D eigenvalue weighted by Gasteiger charge is -2.30. The molecule has 2 rings (SSSR count). The van der Waals surface area contributed by atoms with Crippen LogP contribution in [-0.2, 0) is 14.4 Å². The van der Waals surface area contributed by atoms with E-state index in [1.54, 1.807) is 57.4 Å². The number of fused-ring (bicyclic) bond motifs is 1. The highest BCUT2D eigenvalue weighted by atomic mass is 16.8. The van der Waals surface area contributed by atoms with E-state index >= 15 is 0 Å². The third kappa shape index (κ3) is 12.2. The number of allylic oxidation sites excluding steroid dienone is 2. The minimum absolute atomic E-state index is 0.207. The third-order valence-electron chi connectivity index (χ3n) is 6.23. The van der Waals surface area contributed by atoms with Crippen molar-refractivity contribution >= 4 is 18.3 Å². The molecule has 0 saturated heterocycles. The number of unbranched alkanes of at least 4 members (excludes halogenated alkanes) is 1. The summed E-state index contributed by atoms with van der Waals surface area (Å²) in [4.78, 5) is 57.6. The van der Waals surface area contributed by atoms with Crippen molar-refractivity contribution < 1.29 is 38.8 Å². The molecule has 2 aliphatic heterocycles. The lowest BCUT2D eigenvalue weighted by atomic mass is 10.2. The number of nitrogens with zero attached hydrogens (tertiary/aromatic N) is 5. The summed E-state index contributed by atoms with van der Waals surface area (Å²) in [5.74, 6) is -0.211. The molecule has 0 unspecified atom stereocenters. The molecule has 16 heteroatoms. The topological polar surface area (TPSA) is 179 Å². The molecular weight excluding hydrogens is 578 g/mol. The van der Waals surface area contributed by atoms with Crippen LogP contribution < -0.4 is 10.8 Å². The Morgan fingerprint density at radius 2 is 1.45 bits per heavy atom. The fourth-order valence-electron chi connectivity index (χ4n) is 4.29. The van der Waals surface area contributed by atoms with Crippen LogP contribution in [0.5, 0.6) is 0 Å². The van der Waals surface area contributed by atoms with Crippen LogP contribution in [0.3, 0.4) is 0 Å². The molecule has 3 N–H and O–H groups in total. The number of hydrogen-bond donors (Lipinski definition) is 3. The van der Waals surface area contributed by atoms with E-state index in [0.717, 1.165) is 5.06 Å². The first-order valence-corrected chi connectivity index (χ1v) is 14.6. The van der Waals surface area contributed by atoms with Crippen molar-refractivity contribution in [2.45, 2.75) is 78.4 Å². The van der Waals surface area contributed by atoms with Gasteiger partial charge >= 0.3 is 24.1 Å². The number of carbonyl (C=O) groups is 3. The molecule has 0 aliphatic carbocycles. The van der Waals surface area contributed by atoms with Gasteiger partial charge in [0.2, 0.25) is 5.70 Å². The van der Waals surface area contributed by atoms with Gasteiger partial charge in [0, 0.05) is 52.4 Å². The molecule has 0 atom stereocenters. The number of hydrogen-bond acceptors (Lipinski definition) is 11. The average Bonchev–Trinajstić information content (AvgIpc) is 3.38. The van der Waals surface area contributed by atoms with Gasteiger partial charge in [0.05, 0.1) is 11.9 Å². The summed E-state index contributed by atoms with van der Waals surface area (Å²) in [6.07, 6.45) is 4.70. The number of ether oxygens (including phenoxy) is 2. The molecule has 44 heavy (non-hydrogen) atoms. The summed E-state index contributed by atoms with van der Waals surface area (Å²) < 4.78 is 11.2. The van der Waals surface area contributed by atoms with Crippen molar-refractivity contribution in [1.82, 2.24) is 30.6 Å². The highest BCUT2D eigenvalue weighted by Gasteiger charge is 2.38. The normalized spacial score (nSPS) is 14.3. The van der Waals surface area contributed by atoms with E-state index in [9.17, 15) is 24.5 Å². The minimum atomic E-state index is -1.12. The Bertz CT molecular complexity index is 1130. The molecule has 0 aromatic carbocycles. The van der Waals surface area contributed by atoms with Gasteiger partial charge in [-0.2, -0.15) is 0 Å². The number of amides is 3. The molecule has 0 bridgehead atoms. The second-order valence-electron chi connectivity index (χ2n) is 12.4. The summed E-state index contributed by atoms with van der Waals surface area (Å²) in [5, 5.41) is 23.5. The first-order chi connectivity index (χ1) is 20.5. The molecule has 2 heterocycles. The number of nitro groups is 1. The van der Waals surface area contributed by atoms with E-state index in [1.165, 1.54) is 12.3 Å². The first kappa shape index (κ1) is 36.0. The Labute approximate surface area is 258 Å². The van der Waals surface area contributed by atoms with E-state index in [1.807, 2.05) is 11.9 Å². The van der Waals surface area contributed by atoms with E-state index in [2.05, 4.69) is 10.8 Å². The maximum Gasteiger partial charge on any atom is 0.410 e. The Morgan fingerprint density at radius 3 is 1.95 bits per heavy atom. The van der Waals surface area contributed by atoms with Crippen molar-refractivity contribution in [2.24, 2.45) is 0 Å². The van der Waals surface area contributed by atoms with Gasteiger partial charge in [-0.15, -0.1) is 0 Å². The molecule has 3 amide bonds. The lowest BCUT2D eigenvalue weighted by Crippen LogP contribution is -2.40. The van der Waals surface area contributed by atoms with Gasteiger partial charge in [-0.3, -0.25) is 0 Å². The van der Waals surface area contributed by atoms with Crippen LogP contribution in [0.15, 0.2) is 35.6 Å². The molecule has 248 valence electrons. The van der Waals surface area contributed by atoms with Crippen LogP contribution in [0.1, 0.15) is 67.2 Å². The molecule has 0 aromatic rings. The van der Waals surface area contributed by atoms with E-state index in [4.69, 9.17) is 19.5 Å². The van der Waals surface area contributed by atoms with Crippen molar-refractivity contribution in [2.75, 3.05) is 46.3 Å². The SMILES string of the molecule is CN(CCCN(CCCCN(CCCNC(=O)O)C(=O)OC(C)(C)C)C(=O)OC(C)(C)C)C1=CC=C([N+](=O)[O-])N2ONC=C12. The number of hydroxylamine groups is 3. The van der Waals surface area contributed by atoms with Crippen LogP contribution in [0.2, 0.25) is 0 Å². The second-order valence-corrected chi connectivity index (χ2v) is 12.4. The highest BCUT2D eigenvalue weighted by Crippen LogP contribution is 2.30. The van der Waals surface area contributed by atoms with Gasteiger partial charge in [0.15, 0.2) is 0 Å². The first-order valence-electron chi connectivity index (χ1n) is 14.6. The molecular formula is C28H47N7O9. The minimum Gasteiger partial charge on any atom is -0.465 e. The van der Waals surface area contributed by atoms with Crippen molar-refractivity contribution in [3.05, 3.63) is 45.7 Å². The second kappa shape index (κ2) is 16.0. The lowest BCUT2D eigenvalue weighted by molar-refractivity contribution is -0.465. The molecule has 2 aliphatic rings. The largest absolute Gasteiger partial charge is 0.465 e. The number of carboxylic acid groups (broad SMARTS) is 1. The smallest absolute Gasteiger partial charge is 0.410 e. The van der Waals surface area contributed by atoms with Gasteiger partial charge in [-0.1, -0.05) is 4.94 Å². The van der Waals surface area contributed by atoms with Crippen LogP contribution in [0, 0.1) is 10.1 Å². The van der Waals surface area contributed by atoms with Gasteiger partial charge < -0.3 is 44.7 Å². The van der Waals surface area contributed by atoms with Gasteiger partial charge in [-0.05, 0) is 83.3 Å². The Hall–Kier alpha value is -4.21. The fraction of sp³-hybridized carbons (Fsp3) is 0.679. The zero-order valence-corrected chi connectivity index (χ0v) is 26.8. The van der Waals surface area contributed by atoms with Crippen molar-refractivity contribution in [1.29, 1.82) is 0 Å². The molecule has 0 saturated carbocycles. The molecule has 0 aromatic heterocycles. The highest BCUT2D eigenvalue weighted by molar-refractivity contribution is 5.68. The van der Waals surface area contributed by atoms with Crippen LogP contribution in [0.25, 0.3) is 0 Å². The van der Waals surface area contributed by atoms with E-state index in [-0.39, 0.29) is 12.4 Å². The van der Waals surface area contributed by atoms with Gasteiger partial charge in [0.25, 0.3) is 0 Å². The predicted octanol–water partition coefficient (Wildman–Crippen LogP) is 3.83. The Kier molecular flexibility index (Phi) is 13.1. The number of rotatable bonds is 15. The molecule has 16 nitrogen and oxygen atoms in total. The predicted molar refractivity (Wildman–Crippen MR) is 160 cm³/mol. The summed E-state index contributed by atoms with van der Waals surface area (Å²) in [5.41, 5.74) is 2.40. The number of nitrogens with one attached hydrogen (secondary N) is 2. The maximum absolute atomic E-state index is 13.0. The molecule has 0 radical (unpaired) electrons. The summed E-state index contributed by atoms with van der Waals surface area (Å²) in [7, 11) is 1.85. The summed E-state index contributed by atoms with van der Waals surface area (Å²) in [6, 6.07) is 0. The van der Waals surface area contributed by atoms with Crippen LogP contribution >= 0.6 is 0 Å². The molecule has 0 fully saturated rings. The monoisotopic (exact) mass is 625 g/mol. The summed E-state index contributed by atoms with van der Waals surface area (Å²) in [6.45, 7) is 13.0. The fourth-order valence-corrected chi connectivity index (χ4v) is 4.29. The van der Waals surface area contributed by atoms with E-state index < -0.39 is 34.4 Å². The van der Waals surface area contributed by atoms with E-state index in [0.29, 0.717) is 69.8 Å². The Balaban J connectivity index is 1.97. The molecule has 0 spiro atoms. The average molecular weight is 626 g/mol. The van der Waals surface area contributed by atoms with Crippen LogP contribution in [-0.4, -0.2) is 106 Å². The maximum atomic E-state index is 13.0. The quantitative estimate of drug-likeness (QED) is 0.136. The van der Waals surface area contributed by atoms with Crippen LogP contribution in [0.4, 0.5) is 14.4 Å².